The maximum absolute atomic E-state index is 12.2. The van der Waals surface area contributed by atoms with Crippen molar-refractivity contribution in [3.8, 4) is 0 Å². The monoisotopic (exact) mass is 290 g/mol. The first-order valence-electron chi connectivity index (χ1n) is 7.75. The third-order valence-corrected chi connectivity index (χ3v) is 4.07. The molecule has 2 rings (SSSR count). The quantitative estimate of drug-likeness (QED) is 0.643. The van der Waals surface area contributed by atoms with E-state index in [1.54, 1.807) is 4.68 Å². The highest BCUT2D eigenvalue weighted by atomic mass is 16.2. The van der Waals surface area contributed by atoms with E-state index in [-0.39, 0.29) is 11.9 Å². The van der Waals surface area contributed by atoms with Gasteiger partial charge in [-0.3, -0.25) is 9.48 Å². The maximum atomic E-state index is 12.2. The number of aryl methyl sites for hydroxylation is 2. The van der Waals surface area contributed by atoms with Gasteiger partial charge >= 0.3 is 0 Å². The molecule has 1 aliphatic heterocycles. The summed E-state index contributed by atoms with van der Waals surface area (Å²) >= 11 is 0. The van der Waals surface area contributed by atoms with Crippen molar-refractivity contribution < 1.29 is 4.79 Å². The van der Waals surface area contributed by atoms with Gasteiger partial charge in [-0.05, 0) is 51.8 Å². The fourth-order valence-corrected chi connectivity index (χ4v) is 2.77. The van der Waals surface area contributed by atoms with Crippen molar-refractivity contribution >= 4 is 5.91 Å². The SMILES string of the molecule is C=CCCCN1CCCC(NC(=O)c2cc(C)n(C)n2)C1. The molecule has 1 atom stereocenters. The number of carbonyl (C=O) groups is 1. The fraction of sp³-hybridized carbons (Fsp3) is 0.625. The lowest BCUT2D eigenvalue weighted by molar-refractivity contribution is 0.0897. The van der Waals surface area contributed by atoms with E-state index in [0.717, 1.165) is 51.0 Å². The predicted molar refractivity (Wildman–Crippen MR) is 84.3 cm³/mol. The Morgan fingerprint density at radius 3 is 3.10 bits per heavy atom. The lowest BCUT2D eigenvalue weighted by atomic mass is 10.0. The molecule has 0 aliphatic carbocycles. The third-order valence-electron chi connectivity index (χ3n) is 4.07. The van der Waals surface area contributed by atoms with Gasteiger partial charge in [-0.25, -0.2) is 0 Å². The molecule has 1 N–H and O–H groups in total. The lowest BCUT2D eigenvalue weighted by Gasteiger charge is -2.32. The zero-order valence-electron chi connectivity index (χ0n) is 13.1. The highest BCUT2D eigenvalue weighted by Gasteiger charge is 2.22. The molecule has 1 amide bonds. The Hall–Kier alpha value is -1.62. The van der Waals surface area contributed by atoms with Crippen LogP contribution in [0.4, 0.5) is 0 Å². The number of nitrogens with zero attached hydrogens (tertiary/aromatic N) is 3. The summed E-state index contributed by atoms with van der Waals surface area (Å²) in [6, 6.07) is 2.07. The molecule has 0 saturated carbocycles. The number of unbranched alkanes of at least 4 members (excludes halogenated alkanes) is 1. The maximum Gasteiger partial charge on any atom is 0.272 e. The average molecular weight is 290 g/mol. The fourth-order valence-electron chi connectivity index (χ4n) is 2.77. The van der Waals surface area contributed by atoms with Crippen molar-refractivity contribution in [2.75, 3.05) is 19.6 Å². The molecule has 5 heteroatoms. The molecule has 1 unspecified atom stereocenters. The minimum absolute atomic E-state index is 0.0587. The van der Waals surface area contributed by atoms with Gasteiger partial charge in [0.15, 0.2) is 0 Å². The van der Waals surface area contributed by atoms with E-state index in [2.05, 4.69) is 21.9 Å². The number of piperidine rings is 1. The van der Waals surface area contributed by atoms with Gasteiger partial charge in [0.25, 0.3) is 5.91 Å². The summed E-state index contributed by atoms with van der Waals surface area (Å²) in [4.78, 5) is 14.7. The highest BCUT2D eigenvalue weighted by Crippen LogP contribution is 2.12. The van der Waals surface area contributed by atoms with Crippen LogP contribution in [0.3, 0.4) is 0 Å². The molecule has 0 aromatic carbocycles. The van der Waals surface area contributed by atoms with E-state index in [1.807, 2.05) is 26.1 Å². The van der Waals surface area contributed by atoms with E-state index in [0.29, 0.717) is 5.69 Å². The number of likely N-dealkylation sites (tertiary alicyclic amines) is 1. The first-order chi connectivity index (χ1) is 10.1. The Morgan fingerprint density at radius 2 is 2.43 bits per heavy atom. The molecule has 116 valence electrons. The van der Waals surface area contributed by atoms with Crippen molar-refractivity contribution in [2.45, 2.75) is 38.6 Å². The normalized spacial score (nSPS) is 19.4. The number of hydrogen-bond donors (Lipinski definition) is 1. The van der Waals surface area contributed by atoms with Gasteiger partial charge in [0.05, 0.1) is 0 Å². The molecule has 1 aromatic heterocycles. The molecule has 21 heavy (non-hydrogen) atoms. The zero-order valence-corrected chi connectivity index (χ0v) is 13.1. The summed E-state index contributed by atoms with van der Waals surface area (Å²) in [5, 5.41) is 7.35. The summed E-state index contributed by atoms with van der Waals surface area (Å²) in [6.45, 7) is 8.86. The van der Waals surface area contributed by atoms with E-state index < -0.39 is 0 Å². The number of allylic oxidation sites excluding steroid dienone is 1. The Morgan fingerprint density at radius 1 is 1.62 bits per heavy atom. The molecule has 0 radical (unpaired) electrons. The second-order valence-corrected chi connectivity index (χ2v) is 5.84. The minimum Gasteiger partial charge on any atom is -0.347 e. The molecule has 5 nitrogen and oxygen atoms in total. The third kappa shape index (κ3) is 4.43. The van der Waals surface area contributed by atoms with Crippen LogP contribution in [0.15, 0.2) is 18.7 Å². The van der Waals surface area contributed by atoms with Crippen LogP contribution in [0.25, 0.3) is 0 Å². The number of aromatic nitrogens is 2. The molecular formula is C16H26N4O. The van der Waals surface area contributed by atoms with Crippen LogP contribution in [0.1, 0.15) is 41.9 Å². The molecule has 0 spiro atoms. The first-order valence-corrected chi connectivity index (χ1v) is 7.75. The standard InChI is InChI=1S/C16H26N4O/c1-4-5-6-9-20-10-7-8-14(12-20)17-16(21)15-11-13(2)19(3)18-15/h4,11,14H,1,5-10,12H2,2-3H3,(H,17,21). The second-order valence-electron chi connectivity index (χ2n) is 5.84. The Kier molecular flexibility index (Phi) is 5.56. The molecule has 0 bridgehead atoms. The first kappa shape index (κ1) is 15.8. The van der Waals surface area contributed by atoms with Gasteiger partial charge in [-0.2, -0.15) is 5.10 Å². The molecular weight excluding hydrogens is 264 g/mol. The van der Waals surface area contributed by atoms with Crippen LogP contribution in [0.5, 0.6) is 0 Å². The summed E-state index contributed by atoms with van der Waals surface area (Å²) in [7, 11) is 1.86. The summed E-state index contributed by atoms with van der Waals surface area (Å²) in [5.74, 6) is -0.0587. The van der Waals surface area contributed by atoms with Crippen LogP contribution in [0.2, 0.25) is 0 Å². The molecule has 1 saturated heterocycles. The van der Waals surface area contributed by atoms with Crippen molar-refractivity contribution in [1.82, 2.24) is 20.0 Å². The van der Waals surface area contributed by atoms with Crippen molar-refractivity contribution in [3.05, 3.63) is 30.1 Å². The van der Waals surface area contributed by atoms with E-state index >= 15 is 0 Å². The van der Waals surface area contributed by atoms with Gasteiger partial charge < -0.3 is 10.2 Å². The van der Waals surface area contributed by atoms with Gasteiger partial charge in [0.2, 0.25) is 0 Å². The van der Waals surface area contributed by atoms with Crippen LogP contribution in [0, 0.1) is 6.92 Å². The number of nitrogens with one attached hydrogen (secondary N) is 1. The minimum atomic E-state index is -0.0587. The summed E-state index contributed by atoms with van der Waals surface area (Å²) in [5.41, 5.74) is 1.51. The summed E-state index contributed by atoms with van der Waals surface area (Å²) < 4.78 is 1.73. The van der Waals surface area contributed by atoms with Gasteiger partial charge in [-0.15, -0.1) is 6.58 Å². The van der Waals surface area contributed by atoms with Crippen LogP contribution in [-0.2, 0) is 7.05 Å². The topological polar surface area (TPSA) is 50.2 Å². The van der Waals surface area contributed by atoms with Crippen LogP contribution >= 0.6 is 0 Å². The smallest absolute Gasteiger partial charge is 0.272 e. The molecule has 1 aromatic rings. The van der Waals surface area contributed by atoms with E-state index in [9.17, 15) is 4.79 Å². The number of hydrogen-bond acceptors (Lipinski definition) is 3. The number of rotatable bonds is 6. The second kappa shape index (κ2) is 7.41. The molecule has 1 aliphatic rings. The van der Waals surface area contributed by atoms with Gasteiger partial charge in [0, 0.05) is 25.3 Å². The Labute approximate surface area is 127 Å². The van der Waals surface area contributed by atoms with E-state index in [4.69, 9.17) is 0 Å². The predicted octanol–water partition coefficient (Wildman–Crippen LogP) is 1.89. The van der Waals surface area contributed by atoms with Crippen molar-refractivity contribution in [1.29, 1.82) is 0 Å². The van der Waals surface area contributed by atoms with Crippen molar-refractivity contribution in [3.63, 3.8) is 0 Å². The zero-order chi connectivity index (χ0) is 15.2. The largest absolute Gasteiger partial charge is 0.347 e. The molecule has 2 heterocycles. The van der Waals surface area contributed by atoms with Crippen LogP contribution in [-0.4, -0.2) is 46.3 Å². The summed E-state index contributed by atoms with van der Waals surface area (Å²) in [6.07, 6.45) is 6.35. The molecule has 1 fully saturated rings. The van der Waals surface area contributed by atoms with Gasteiger partial charge in [-0.1, -0.05) is 6.08 Å². The number of carbonyl (C=O) groups excluding carboxylic acids is 1. The van der Waals surface area contributed by atoms with Crippen molar-refractivity contribution in [2.24, 2.45) is 7.05 Å². The van der Waals surface area contributed by atoms with Gasteiger partial charge in [0.1, 0.15) is 5.69 Å². The van der Waals surface area contributed by atoms with Crippen LogP contribution < -0.4 is 5.32 Å². The average Bonchev–Trinajstić information content (AvgIpc) is 2.80. The Balaban J connectivity index is 1.84. The van der Waals surface area contributed by atoms with E-state index in [1.165, 1.54) is 0 Å². The Bertz CT molecular complexity index is 475. The highest BCUT2D eigenvalue weighted by molar-refractivity contribution is 5.92. The number of amides is 1. The lowest BCUT2D eigenvalue weighted by Crippen LogP contribution is -2.48.